The molecule has 1 atom stereocenters. The maximum atomic E-state index is 12.1. The summed E-state index contributed by atoms with van der Waals surface area (Å²) in [4.78, 5) is 13.9. The fourth-order valence-electron chi connectivity index (χ4n) is 2.62. The molecular weight excluding hydrogens is 281 g/mol. The van der Waals surface area contributed by atoms with Gasteiger partial charge in [-0.25, -0.2) is 0 Å². The third-order valence-corrected chi connectivity index (χ3v) is 4.30. The Kier molecular flexibility index (Phi) is 3.38. The summed E-state index contributed by atoms with van der Waals surface area (Å²) >= 11 is 12.2. The fraction of sp³-hybridized carbons (Fsp3) is 0.267. The highest BCUT2D eigenvalue weighted by Crippen LogP contribution is 2.35. The molecule has 0 spiro atoms. The van der Waals surface area contributed by atoms with E-state index in [0.717, 1.165) is 16.5 Å². The standard InChI is InChI=1S/C15H13Cl2NO/c16-8-10-7-14(19)18(9-10)13-6-2-4-11-3-1-5-12(17)15(11)13/h1-6,10H,7-9H2. The summed E-state index contributed by atoms with van der Waals surface area (Å²) in [5.74, 6) is 0.866. The largest absolute Gasteiger partial charge is 0.311 e. The minimum absolute atomic E-state index is 0.123. The molecule has 1 saturated heterocycles. The highest BCUT2D eigenvalue weighted by molar-refractivity contribution is 6.37. The van der Waals surface area contributed by atoms with Crippen LogP contribution in [0.25, 0.3) is 10.8 Å². The molecule has 1 unspecified atom stereocenters. The summed E-state index contributed by atoms with van der Waals surface area (Å²) in [5.41, 5.74) is 0.890. The molecule has 0 saturated carbocycles. The molecule has 3 rings (SSSR count). The zero-order valence-corrected chi connectivity index (χ0v) is 11.8. The highest BCUT2D eigenvalue weighted by atomic mass is 35.5. The first-order valence-corrected chi connectivity index (χ1v) is 7.15. The number of nitrogens with zero attached hydrogens (tertiary/aromatic N) is 1. The van der Waals surface area contributed by atoms with Crippen LogP contribution < -0.4 is 4.90 Å². The van der Waals surface area contributed by atoms with Crippen molar-refractivity contribution in [1.82, 2.24) is 0 Å². The molecule has 0 N–H and O–H groups in total. The van der Waals surface area contributed by atoms with Gasteiger partial charge in [0.05, 0.1) is 10.7 Å². The second-order valence-corrected chi connectivity index (χ2v) is 5.56. The smallest absolute Gasteiger partial charge is 0.227 e. The highest BCUT2D eigenvalue weighted by Gasteiger charge is 2.31. The maximum Gasteiger partial charge on any atom is 0.227 e. The predicted octanol–water partition coefficient (Wildman–Crippen LogP) is 4.08. The Labute approximate surface area is 121 Å². The Morgan fingerprint density at radius 3 is 2.63 bits per heavy atom. The summed E-state index contributed by atoms with van der Waals surface area (Å²) in [7, 11) is 0. The Balaban J connectivity index is 2.13. The van der Waals surface area contributed by atoms with E-state index >= 15 is 0 Å². The number of rotatable bonds is 2. The maximum absolute atomic E-state index is 12.1. The van der Waals surface area contributed by atoms with Gasteiger partial charge in [-0.15, -0.1) is 11.6 Å². The van der Waals surface area contributed by atoms with Gasteiger partial charge in [-0.3, -0.25) is 4.79 Å². The molecule has 0 aromatic heterocycles. The SMILES string of the molecule is O=C1CC(CCl)CN1c1cccc2cccc(Cl)c12. The first-order chi connectivity index (χ1) is 9.20. The second-order valence-electron chi connectivity index (χ2n) is 4.84. The van der Waals surface area contributed by atoms with Crippen molar-refractivity contribution in [2.45, 2.75) is 6.42 Å². The van der Waals surface area contributed by atoms with Crippen LogP contribution in [0.1, 0.15) is 6.42 Å². The average Bonchev–Trinajstić information content (AvgIpc) is 2.80. The van der Waals surface area contributed by atoms with E-state index in [1.807, 2.05) is 36.4 Å². The molecule has 4 heteroatoms. The van der Waals surface area contributed by atoms with Crippen LogP contribution in [-0.2, 0) is 4.79 Å². The van der Waals surface area contributed by atoms with Gasteiger partial charge < -0.3 is 4.90 Å². The summed E-state index contributed by atoms with van der Waals surface area (Å²) in [6, 6.07) is 11.7. The molecule has 0 bridgehead atoms. The molecule has 1 heterocycles. The molecule has 2 nitrogen and oxygen atoms in total. The van der Waals surface area contributed by atoms with Crippen molar-refractivity contribution in [1.29, 1.82) is 0 Å². The first kappa shape index (κ1) is 12.8. The van der Waals surface area contributed by atoms with Gasteiger partial charge in [-0.1, -0.05) is 35.9 Å². The monoisotopic (exact) mass is 293 g/mol. The van der Waals surface area contributed by atoms with Crippen molar-refractivity contribution in [2.75, 3.05) is 17.3 Å². The van der Waals surface area contributed by atoms with Crippen LogP contribution in [0.4, 0.5) is 5.69 Å². The minimum Gasteiger partial charge on any atom is -0.311 e. The number of benzene rings is 2. The lowest BCUT2D eigenvalue weighted by molar-refractivity contribution is -0.117. The number of hydrogen-bond donors (Lipinski definition) is 0. The summed E-state index contributed by atoms with van der Waals surface area (Å²) in [6.45, 7) is 0.673. The number of alkyl halides is 1. The van der Waals surface area contributed by atoms with E-state index in [-0.39, 0.29) is 11.8 Å². The third kappa shape index (κ3) is 2.19. The Bertz CT molecular complexity index is 636. The first-order valence-electron chi connectivity index (χ1n) is 6.24. The van der Waals surface area contributed by atoms with Crippen LogP contribution in [0.3, 0.4) is 0 Å². The molecule has 1 aliphatic heterocycles. The number of anilines is 1. The third-order valence-electron chi connectivity index (χ3n) is 3.55. The van der Waals surface area contributed by atoms with E-state index in [2.05, 4.69) is 0 Å². The molecular formula is C15H13Cl2NO. The summed E-state index contributed by atoms with van der Waals surface area (Å²) < 4.78 is 0. The van der Waals surface area contributed by atoms with Crippen molar-refractivity contribution in [3.63, 3.8) is 0 Å². The quantitative estimate of drug-likeness (QED) is 0.764. The van der Waals surface area contributed by atoms with Crippen LogP contribution in [-0.4, -0.2) is 18.3 Å². The van der Waals surface area contributed by atoms with E-state index in [1.54, 1.807) is 4.90 Å². The Morgan fingerprint density at radius 2 is 1.95 bits per heavy atom. The number of fused-ring (bicyclic) bond motifs is 1. The van der Waals surface area contributed by atoms with E-state index in [1.165, 1.54) is 0 Å². The van der Waals surface area contributed by atoms with Gasteiger partial charge in [0.15, 0.2) is 0 Å². The van der Waals surface area contributed by atoms with Crippen LogP contribution in [0.5, 0.6) is 0 Å². The molecule has 2 aromatic carbocycles. The summed E-state index contributed by atoms with van der Waals surface area (Å²) in [6.07, 6.45) is 0.518. The summed E-state index contributed by atoms with van der Waals surface area (Å²) in [5, 5.41) is 2.66. The zero-order valence-electron chi connectivity index (χ0n) is 10.3. The van der Waals surface area contributed by atoms with Crippen molar-refractivity contribution in [3.05, 3.63) is 41.4 Å². The van der Waals surface area contributed by atoms with Crippen LogP contribution >= 0.6 is 23.2 Å². The normalized spacial score (nSPS) is 19.4. The number of carbonyl (C=O) groups is 1. The number of halogens is 2. The molecule has 1 aliphatic rings. The predicted molar refractivity (Wildman–Crippen MR) is 80.1 cm³/mol. The van der Waals surface area contributed by atoms with Crippen molar-refractivity contribution in [2.24, 2.45) is 5.92 Å². The molecule has 1 fully saturated rings. The van der Waals surface area contributed by atoms with Crippen molar-refractivity contribution >= 4 is 45.6 Å². The molecule has 2 aromatic rings. The van der Waals surface area contributed by atoms with Gasteiger partial charge in [0.1, 0.15) is 0 Å². The van der Waals surface area contributed by atoms with Crippen LogP contribution in [0.15, 0.2) is 36.4 Å². The molecule has 0 aliphatic carbocycles. The second kappa shape index (κ2) is 5.03. The Hall–Kier alpha value is -1.25. The van der Waals surface area contributed by atoms with Gasteiger partial charge in [-0.2, -0.15) is 0 Å². The lowest BCUT2D eigenvalue weighted by Gasteiger charge is -2.19. The average molecular weight is 294 g/mol. The van der Waals surface area contributed by atoms with Gasteiger partial charge in [0.2, 0.25) is 5.91 Å². The van der Waals surface area contributed by atoms with Gasteiger partial charge >= 0.3 is 0 Å². The zero-order chi connectivity index (χ0) is 13.4. The van der Waals surface area contributed by atoms with E-state index in [4.69, 9.17) is 23.2 Å². The van der Waals surface area contributed by atoms with Gasteiger partial charge in [0, 0.05) is 24.2 Å². The number of carbonyl (C=O) groups excluding carboxylic acids is 1. The van der Waals surface area contributed by atoms with Crippen LogP contribution in [0, 0.1) is 5.92 Å². The van der Waals surface area contributed by atoms with Crippen LogP contribution in [0.2, 0.25) is 5.02 Å². The molecule has 0 radical (unpaired) electrons. The van der Waals surface area contributed by atoms with E-state index in [0.29, 0.717) is 23.9 Å². The van der Waals surface area contributed by atoms with Gasteiger partial charge in [0.25, 0.3) is 0 Å². The number of amides is 1. The molecule has 1 amide bonds. The van der Waals surface area contributed by atoms with E-state index in [9.17, 15) is 4.79 Å². The Morgan fingerprint density at radius 1 is 1.21 bits per heavy atom. The van der Waals surface area contributed by atoms with Gasteiger partial charge in [-0.05, 0) is 23.4 Å². The lowest BCUT2D eigenvalue weighted by Crippen LogP contribution is -2.24. The topological polar surface area (TPSA) is 20.3 Å². The fourth-order valence-corrected chi connectivity index (χ4v) is 3.10. The lowest BCUT2D eigenvalue weighted by atomic mass is 10.1. The van der Waals surface area contributed by atoms with Crippen molar-refractivity contribution in [3.8, 4) is 0 Å². The number of hydrogen-bond acceptors (Lipinski definition) is 1. The van der Waals surface area contributed by atoms with E-state index < -0.39 is 0 Å². The minimum atomic E-state index is 0.123. The molecule has 98 valence electrons. The molecule has 19 heavy (non-hydrogen) atoms. The van der Waals surface area contributed by atoms with Crippen molar-refractivity contribution < 1.29 is 4.79 Å².